The van der Waals surface area contributed by atoms with Gasteiger partial charge in [-0.1, -0.05) is 0 Å². The molecule has 11 nitrogen and oxygen atoms in total. The van der Waals surface area contributed by atoms with Crippen LogP contribution in [0.1, 0.15) is 18.2 Å². The predicted octanol–water partition coefficient (Wildman–Crippen LogP) is -0.960. The highest BCUT2D eigenvalue weighted by Gasteiger charge is 2.44. The van der Waals surface area contributed by atoms with E-state index < -0.39 is 36.6 Å². The second kappa shape index (κ2) is 8.29. The third-order valence-electron chi connectivity index (χ3n) is 4.54. The summed E-state index contributed by atoms with van der Waals surface area (Å²) < 4.78 is 7.28. The fourth-order valence-corrected chi connectivity index (χ4v) is 4.11. The molecule has 1 fully saturated rings. The molecule has 7 N–H and O–H groups in total. The second-order valence-corrected chi connectivity index (χ2v) is 7.52. The Balaban J connectivity index is 1.73. The van der Waals surface area contributed by atoms with Crippen molar-refractivity contribution in [3.8, 4) is 6.07 Å². The third-order valence-corrected chi connectivity index (χ3v) is 5.63. The first kappa shape index (κ1) is 20.3. The number of nitrogens with zero attached hydrogens (tertiary/aromatic N) is 4. The van der Waals surface area contributed by atoms with Crippen molar-refractivity contribution in [1.29, 1.82) is 5.26 Å². The van der Waals surface area contributed by atoms with Crippen LogP contribution in [-0.2, 0) is 9.53 Å². The molecule has 2 aromatic rings. The molecule has 3 rings (SSSR count). The number of ether oxygens (including phenoxy) is 1. The quantitative estimate of drug-likeness (QED) is 0.354. The summed E-state index contributed by atoms with van der Waals surface area (Å²) in [5, 5.41) is 39.3. The summed E-state index contributed by atoms with van der Waals surface area (Å²) in [7, 11) is 0. The number of aromatic nitrogens is 3. The molecule has 28 heavy (non-hydrogen) atoms. The maximum atomic E-state index is 10.7. The number of aliphatic carboxylic acids is 1. The summed E-state index contributed by atoms with van der Waals surface area (Å²) in [6.45, 7) is 0. The smallest absolute Gasteiger partial charge is 0.320 e. The van der Waals surface area contributed by atoms with Crippen molar-refractivity contribution in [2.45, 2.75) is 37.0 Å². The molecule has 0 bridgehead atoms. The summed E-state index contributed by atoms with van der Waals surface area (Å²) in [5.41, 5.74) is 11.8. The molecule has 0 aliphatic carbocycles. The monoisotopic (exact) mass is 408 g/mol. The van der Waals surface area contributed by atoms with Gasteiger partial charge in [0.1, 0.15) is 42.1 Å². The summed E-state index contributed by atoms with van der Waals surface area (Å²) in [6.07, 6.45) is -1.07. The summed E-state index contributed by atoms with van der Waals surface area (Å²) in [4.78, 5) is 18.7. The molecule has 5 atom stereocenters. The molecule has 3 heterocycles. The van der Waals surface area contributed by atoms with Gasteiger partial charge in [-0.05, 0) is 12.2 Å². The molecule has 2 aromatic heterocycles. The second-order valence-electron chi connectivity index (χ2n) is 6.37. The van der Waals surface area contributed by atoms with Crippen LogP contribution >= 0.6 is 11.8 Å². The lowest BCUT2D eigenvalue weighted by Gasteiger charge is -2.17. The predicted molar refractivity (Wildman–Crippen MR) is 100 cm³/mol. The number of rotatable bonds is 7. The standard InChI is InChI=1S/C16H20N6O5S/c17-3-7-4-22(14-10(7)13(19)20-6-21-14)15-12(24)11(23)9(27-15)5-28-2-1-8(18)16(25)26/h4,6,8-9,11-12,15,23-24H,1-2,5,18H2,(H,25,26)(H2,19,20,21)/t8-,9+,11-,12-,15+/m0/s1. The van der Waals surface area contributed by atoms with Gasteiger partial charge in [0.25, 0.3) is 0 Å². The molecule has 0 radical (unpaired) electrons. The number of anilines is 1. The number of fused-ring (bicyclic) bond motifs is 1. The van der Waals surface area contributed by atoms with Crippen LogP contribution in [0.4, 0.5) is 5.82 Å². The largest absolute Gasteiger partial charge is 0.480 e. The molecular weight excluding hydrogens is 388 g/mol. The van der Waals surface area contributed by atoms with Gasteiger partial charge in [0, 0.05) is 11.9 Å². The molecule has 1 aliphatic rings. The zero-order chi connectivity index (χ0) is 20.4. The maximum absolute atomic E-state index is 10.7. The summed E-state index contributed by atoms with van der Waals surface area (Å²) in [6, 6.07) is 1.07. The van der Waals surface area contributed by atoms with Crippen LogP contribution in [-0.4, -0.2) is 71.7 Å². The first-order valence-electron chi connectivity index (χ1n) is 8.44. The topological polar surface area (TPSA) is 194 Å². The Morgan fingerprint density at radius 1 is 1.43 bits per heavy atom. The number of nitrogens with two attached hydrogens (primary N) is 2. The number of thioether (sulfide) groups is 1. The number of nitrogen functional groups attached to an aromatic ring is 1. The number of aliphatic hydroxyl groups excluding tert-OH is 2. The average molecular weight is 408 g/mol. The summed E-state index contributed by atoms with van der Waals surface area (Å²) in [5.74, 6) is -0.129. The molecule has 12 heteroatoms. The molecule has 0 unspecified atom stereocenters. The fraction of sp³-hybridized carbons (Fsp3) is 0.500. The molecular formula is C16H20N6O5S. The Kier molecular flexibility index (Phi) is 6.01. The number of nitriles is 1. The zero-order valence-corrected chi connectivity index (χ0v) is 15.5. The lowest BCUT2D eigenvalue weighted by atomic mass is 10.1. The number of hydrogen-bond donors (Lipinski definition) is 5. The van der Waals surface area contributed by atoms with Crippen molar-refractivity contribution in [2.75, 3.05) is 17.2 Å². The normalized spacial score (nSPS) is 25.6. The number of aliphatic hydroxyl groups is 2. The van der Waals surface area contributed by atoms with Crippen molar-refractivity contribution in [2.24, 2.45) is 5.73 Å². The van der Waals surface area contributed by atoms with Gasteiger partial charge in [0.2, 0.25) is 0 Å². The maximum Gasteiger partial charge on any atom is 0.320 e. The van der Waals surface area contributed by atoms with Crippen LogP contribution < -0.4 is 11.5 Å². The minimum atomic E-state index is -1.25. The highest BCUT2D eigenvalue weighted by atomic mass is 32.2. The van der Waals surface area contributed by atoms with Gasteiger partial charge in [0.05, 0.1) is 17.1 Å². The van der Waals surface area contributed by atoms with Crippen LogP contribution in [0.3, 0.4) is 0 Å². The van der Waals surface area contributed by atoms with Crippen LogP contribution in [0.5, 0.6) is 0 Å². The molecule has 0 spiro atoms. The van der Waals surface area contributed by atoms with E-state index in [2.05, 4.69) is 9.97 Å². The van der Waals surface area contributed by atoms with Gasteiger partial charge in [0.15, 0.2) is 6.23 Å². The molecule has 0 aromatic carbocycles. The molecule has 150 valence electrons. The van der Waals surface area contributed by atoms with E-state index in [0.717, 1.165) is 0 Å². The van der Waals surface area contributed by atoms with E-state index in [1.54, 1.807) is 0 Å². The fourth-order valence-electron chi connectivity index (χ4n) is 3.02. The van der Waals surface area contributed by atoms with Gasteiger partial charge in [-0.15, -0.1) is 0 Å². The minimum Gasteiger partial charge on any atom is -0.480 e. The van der Waals surface area contributed by atoms with Crippen LogP contribution in [0.25, 0.3) is 11.0 Å². The zero-order valence-electron chi connectivity index (χ0n) is 14.7. The van der Waals surface area contributed by atoms with Gasteiger partial charge in [-0.2, -0.15) is 17.0 Å². The van der Waals surface area contributed by atoms with Crippen LogP contribution in [0, 0.1) is 11.3 Å². The summed E-state index contributed by atoms with van der Waals surface area (Å²) >= 11 is 1.37. The Labute approximate surface area is 163 Å². The SMILES string of the molecule is N#Cc1cn([C@@H]2O[C@H](CSCC[C@H](N)C(=O)O)[C@H](O)[C@@H]2O)c2ncnc(N)c12. The van der Waals surface area contributed by atoms with E-state index in [1.807, 2.05) is 6.07 Å². The van der Waals surface area contributed by atoms with Gasteiger partial charge in [-0.25, -0.2) is 9.97 Å². The molecule has 0 saturated carbocycles. The Bertz CT molecular complexity index is 915. The van der Waals surface area contributed by atoms with E-state index >= 15 is 0 Å². The highest BCUT2D eigenvalue weighted by Crippen LogP contribution is 2.35. The van der Waals surface area contributed by atoms with E-state index in [4.69, 9.17) is 21.3 Å². The Hall–Kier alpha value is -2.43. The van der Waals surface area contributed by atoms with Crippen molar-refractivity contribution in [3.63, 3.8) is 0 Å². The van der Waals surface area contributed by atoms with Gasteiger partial charge in [-0.3, -0.25) is 4.79 Å². The van der Waals surface area contributed by atoms with Crippen molar-refractivity contribution in [1.82, 2.24) is 14.5 Å². The van der Waals surface area contributed by atoms with Gasteiger partial charge < -0.3 is 36.1 Å². The number of carboxylic acid groups (broad SMARTS) is 1. The minimum absolute atomic E-state index is 0.134. The van der Waals surface area contributed by atoms with Crippen LogP contribution in [0.2, 0.25) is 0 Å². The number of carbonyl (C=O) groups is 1. The van der Waals surface area contributed by atoms with Crippen molar-refractivity contribution in [3.05, 3.63) is 18.1 Å². The lowest BCUT2D eigenvalue weighted by Crippen LogP contribution is -2.33. The van der Waals surface area contributed by atoms with Gasteiger partial charge >= 0.3 is 5.97 Å². The number of hydrogen-bond acceptors (Lipinski definition) is 10. The first-order valence-corrected chi connectivity index (χ1v) is 9.59. The lowest BCUT2D eigenvalue weighted by molar-refractivity contribution is -0.138. The third kappa shape index (κ3) is 3.75. The van der Waals surface area contributed by atoms with Crippen molar-refractivity contribution < 1.29 is 24.9 Å². The van der Waals surface area contributed by atoms with E-state index in [1.165, 1.54) is 28.9 Å². The van der Waals surface area contributed by atoms with E-state index in [-0.39, 0.29) is 17.8 Å². The highest BCUT2D eigenvalue weighted by molar-refractivity contribution is 7.99. The van der Waals surface area contributed by atoms with E-state index in [0.29, 0.717) is 22.5 Å². The number of carboxylic acids is 1. The Morgan fingerprint density at radius 3 is 2.86 bits per heavy atom. The first-order chi connectivity index (χ1) is 13.3. The van der Waals surface area contributed by atoms with E-state index in [9.17, 15) is 20.3 Å². The van der Waals surface area contributed by atoms with Crippen LogP contribution in [0.15, 0.2) is 12.5 Å². The molecule has 0 amide bonds. The Morgan fingerprint density at radius 2 is 2.18 bits per heavy atom. The average Bonchev–Trinajstić information content (AvgIpc) is 3.18. The van der Waals surface area contributed by atoms with Crippen molar-refractivity contribution >= 4 is 34.6 Å². The molecule has 1 aliphatic heterocycles. The molecule has 1 saturated heterocycles.